The average Bonchev–Trinajstić information content (AvgIpc) is 3.28. The Morgan fingerprint density at radius 1 is 0.872 bits per heavy atom. The normalized spacial score (nSPS) is 20.6. The van der Waals surface area contributed by atoms with Crippen molar-refractivity contribution in [2.75, 3.05) is 0 Å². The fraction of sp³-hybridized carbons (Fsp3) is 0.333. The minimum atomic E-state index is -5.84. The van der Waals surface area contributed by atoms with Crippen LogP contribution >= 0.6 is 15.9 Å². The van der Waals surface area contributed by atoms with Gasteiger partial charge in [-0.05, 0) is 90.8 Å². The maximum Gasteiger partial charge on any atom is 0.492 e. The summed E-state index contributed by atoms with van der Waals surface area (Å²) in [6.07, 6.45) is -4.79. The molecule has 3 aromatic rings. The van der Waals surface area contributed by atoms with Crippen LogP contribution in [0.1, 0.15) is 31.2 Å². The van der Waals surface area contributed by atoms with Gasteiger partial charge in [0.1, 0.15) is 17.3 Å². The molecule has 1 amide bonds. The largest absolute Gasteiger partial charge is 0.492 e. The van der Waals surface area contributed by atoms with Crippen LogP contribution in [0.25, 0.3) is 0 Å². The van der Waals surface area contributed by atoms with Gasteiger partial charge < -0.3 is 20.2 Å². The van der Waals surface area contributed by atoms with Crippen molar-refractivity contribution < 1.29 is 53.9 Å². The van der Waals surface area contributed by atoms with E-state index in [1.54, 1.807) is 0 Å². The maximum atomic E-state index is 16.6. The summed E-state index contributed by atoms with van der Waals surface area (Å²) in [5.74, 6) is -9.70. The number of benzene rings is 3. The van der Waals surface area contributed by atoms with Crippen LogP contribution in [0.2, 0.25) is 0 Å². The lowest BCUT2D eigenvalue weighted by molar-refractivity contribution is -0.240. The molecule has 17 heteroatoms. The Bertz CT molecular complexity index is 1710. The minimum Gasteiger partial charge on any atom is -0.457 e. The fourth-order valence-corrected chi connectivity index (χ4v) is 7.34. The zero-order valence-corrected chi connectivity index (χ0v) is 26.4. The van der Waals surface area contributed by atoms with Gasteiger partial charge in [0.15, 0.2) is 0 Å². The van der Waals surface area contributed by atoms with Crippen LogP contribution in [0, 0.1) is 5.82 Å². The highest BCUT2D eigenvalue weighted by Gasteiger charge is 2.60. The Morgan fingerprint density at radius 3 is 1.89 bits per heavy atom. The number of fused-ring (bicyclic) bond motifs is 2. The van der Waals surface area contributed by atoms with Gasteiger partial charge in [-0.2, -0.15) is 22.0 Å². The van der Waals surface area contributed by atoms with Crippen molar-refractivity contribution in [1.29, 1.82) is 0 Å². The summed E-state index contributed by atoms with van der Waals surface area (Å²) in [5, 5.41) is 0. The minimum absolute atomic E-state index is 0.0246. The molecule has 2 saturated heterocycles. The molecular weight excluding hydrogens is 724 g/mol. The van der Waals surface area contributed by atoms with Gasteiger partial charge in [-0.3, -0.25) is 4.79 Å². The highest BCUT2D eigenvalue weighted by Crippen LogP contribution is 2.43. The SMILES string of the molecule is NC1CC2CCC(C1)N2C(=O)[C@H](N(OC(=O)C(F)(F)F)S(=O)(=O)c1ccc(Oc2ccc(F)cc2)cc1)C(F)(F)c1ccc(Br)cc1. The smallest absolute Gasteiger partial charge is 0.457 e. The molecule has 3 atom stereocenters. The van der Waals surface area contributed by atoms with E-state index in [-0.39, 0.29) is 30.4 Å². The molecule has 2 fully saturated rings. The van der Waals surface area contributed by atoms with Gasteiger partial charge in [-0.15, -0.1) is 0 Å². The molecule has 9 nitrogen and oxygen atoms in total. The first-order valence-corrected chi connectivity index (χ1v) is 16.3. The number of amides is 1. The van der Waals surface area contributed by atoms with Crippen molar-refractivity contribution in [2.24, 2.45) is 5.73 Å². The highest BCUT2D eigenvalue weighted by atomic mass is 79.9. The number of hydrogen-bond acceptors (Lipinski definition) is 7. The van der Waals surface area contributed by atoms with Crippen LogP contribution in [-0.4, -0.2) is 60.0 Å². The Balaban J connectivity index is 1.61. The maximum absolute atomic E-state index is 16.6. The number of rotatable bonds is 9. The van der Waals surface area contributed by atoms with Crippen molar-refractivity contribution in [1.82, 2.24) is 9.37 Å². The van der Waals surface area contributed by atoms with Crippen molar-refractivity contribution >= 4 is 37.8 Å². The number of nitrogens with two attached hydrogens (primary N) is 1. The molecular formula is C30H26BrF6N3O6S. The lowest BCUT2D eigenvalue weighted by atomic mass is 9.94. The molecule has 2 N–H and O–H groups in total. The molecule has 47 heavy (non-hydrogen) atoms. The van der Waals surface area contributed by atoms with Crippen molar-refractivity contribution in [3.8, 4) is 11.5 Å². The number of carbonyl (C=O) groups excluding carboxylic acids is 2. The van der Waals surface area contributed by atoms with Gasteiger partial charge in [0.2, 0.25) is 6.04 Å². The van der Waals surface area contributed by atoms with Crippen LogP contribution < -0.4 is 10.5 Å². The van der Waals surface area contributed by atoms with E-state index in [9.17, 15) is 35.6 Å². The van der Waals surface area contributed by atoms with E-state index in [1.807, 2.05) is 0 Å². The van der Waals surface area contributed by atoms with E-state index in [0.717, 1.165) is 65.6 Å². The number of alkyl halides is 5. The number of carbonyl (C=O) groups is 2. The van der Waals surface area contributed by atoms with Crippen molar-refractivity contribution in [2.45, 2.75) is 66.8 Å². The molecule has 2 bridgehead atoms. The third-order valence-electron chi connectivity index (χ3n) is 7.85. The number of ether oxygens (including phenoxy) is 1. The van der Waals surface area contributed by atoms with Gasteiger partial charge in [-0.1, -0.05) is 28.1 Å². The van der Waals surface area contributed by atoms with Gasteiger partial charge in [0.05, 0.1) is 4.90 Å². The topological polar surface area (TPSA) is 119 Å². The number of piperidine rings is 1. The summed E-state index contributed by atoms with van der Waals surface area (Å²) in [5.41, 5.74) is 5.11. The number of nitrogens with zero attached hydrogens (tertiary/aromatic N) is 2. The van der Waals surface area contributed by atoms with E-state index in [1.165, 1.54) is 12.1 Å². The second-order valence-electron chi connectivity index (χ2n) is 11.1. The van der Waals surface area contributed by atoms with Crippen LogP contribution in [0.3, 0.4) is 0 Å². The van der Waals surface area contributed by atoms with Gasteiger partial charge >= 0.3 is 18.1 Å². The molecule has 0 aromatic heterocycles. The predicted octanol–water partition coefficient (Wildman–Crippen LogP) is 6.03. The molecule has 2 heterocycles. The molecule has 2 aliphatic heterocycles. The quantitative estimate of drug-likeness (QED) is 0.210. The Morgan fingerprint density at radius 2 is 1.38 bits per heavy atom. The average molecular weight is 751 g/mol. The van der Waals surface area contributed by atoms with E-state index >= 15 is 8.78 Å². The lowest BCUT2D eigenvalue weighted by Crippen LogP contribution is -2.62. The van der Waals surface area contributed by atoms with Crippen LogP contribution in [0.15, 0.2) is 82.2 Å². The van der Waals surface area contributed by atoms with E-state index in [4.69, 9.17) is 10.5 Å². The predicted molar refractivity (Wildman–Crippen MR) is 157 cm³/mol. The summed E-state index contributed by atoms with van der Waals surface area (Å²) in [4.78, 5) is 30.6. The zero-order chi connectivity index (χ0) is 34.3. The van der Waals surface area contributed by atoms with Crippen molar-refractivity contribution in [3.63, 3.8) is 0 Å². The molecule has 5 rings (SSSR count). The summed E-state index contributed by atoms with van der Waals surface area (Å²) >= 11 is 3.09. The Labute approximate surface area is 273 Å². The van der Waals surface area contributed by atoms with Gasteiger partial charge in [-0.25, -0.2) is 17.6 Å². The fourth-order valence-electron chi connectivity index (χ4n) is 5.72. The molecule has 2 unspecified atom stereocenters. The standard InChI is InChI=1S/C30H26BrF6N3O6S/c31-18-3-1-17(2-4-18)29(33,34)26(27(41)39-21-7-8-22(39)16-20(38)15-21)40(46-28(42)30(35,36)37)47(43,44)25-13-11-24(12-14-25)45-23-9-5-19(32)6-10-23/h1-6,9-14,20-22,26H,7-8,15-16,38H2/t20?,21?,22?,26-/m0/s1. The monoisotopic (exact) mass is 749 g/mol. The van der Waals surface area contributed by atoms with Gasteiger partial charge in [0, 0.05) is 28.2 Å². The number of hydrogen-bond donors (Lipinski definition) is 1. The van der Waals surface area contributed by atoms with Gasteiger partial charge in [0.25, 0.3) is 15.9 Å². The van der Waals surface area contributed by atoms with E-state index in [0.29, 0.717) is 17.3 Å². The summed E-state index contributed by atoms with van der Waals surface area (Å²) in [6.45, 7) is 0. The van der Waals surface area contributed by atoms with E-state index < -0.39 is 72.9 Å². The molecule has 0 radical (unpaired) electrons. The highest BCUT2D eigenvalue weighted by molar-refractivity contribution is 9.10. The second-order valence-corrected chi connectivity index (χ2v) is 13.8. The molecule has 252 valence electrons. The zero-order valence-electron chi connectivity index (χ0n) is 24.0. The summed E-state index contributed by atoms with van der Waals surface area (Å²) in [6, 6.07) is 7.30. The molecule has 3 aromatic carbocycles. The first-order valence-electron chi connectivity index (χ1n) is 14.1. The lowest BCUT2D eigenvalue weighted by Gasteiger charge is -2.42. The summed E-state index contributed by atoms with van der Waals surface area (Å²) in [7, 11) is -5.64. The molecule has 0 spiro atoms. The van der Waals surface area contributed by atoms with Crippen LogP contribution in [0.5, 0.6) is 11.5 Å². The Kier molecular flexibility index (Phi) is 9.65. The van der Waals surface area contributed by atoms with Crippen LogP contribution in [0.4, 0.5) is 26.3 Å². The third kappa shape index (κ3) is 7.27. The molecule has 0 aliphatic carbocycles. The first-order chi connectivity index (χ1) is 22.0. The number of halogens is 7. The van der Waals surface area contributed by atoms with Crippen molar-refractivity contribution in [3.05, 3.63) is 88.6 Å². The summed E-state index contributed by atoms with van der Waals surface area (Å²) < 4.78 is 120. The first kappa shape index (κ1) is 34.7. The number of hydroxylamine groups is 1. The van der Waals surface area contributed by atoms with Crippen LogP contribution in [-0.2, 0) is 30.4 Å². The third-order valence-corrected chi connectivity index (χ3v) is 10.0. The number of sulfonamides is 1. The Hall–Kier alpha value is -3.67. The second kappa shape index (κ2) is 13.1. The molecule has 2 aliphatic rings. The van der Waals surface area contributed by atoms with E-state index in [2.05, 4.69) is 20.8 Å². The molecule has 0 saturated carbocycles.